The molecule has 1 fully saturated rings. The molecule has 0 unspecified atom stereocenters. The Bertz CT molecular complexity index is 1500. The first-order valence-corrected chi connectivity index (χ1v) is 13.3. The number of β-amino-alcohol motifs (C(OH)–C–C–N with tert-alkyl or cyclic N) is 1. The van der Waals surface area contributed by atoms with Crippen LogP contribution in [0, 0.1) is 12.8 Å². The van der Waals surface area contributed by atoms with Gasteiger partial charge in [0.1, 0.15) is 11.7 Å². The molecule has 0 spiro atoms. The van der Waals surface area contributed by atoms with Crippen molar-refractivity contribution in [2.24, 2.45) is 18.0 Å². The van der Waals surface area contributed by atoms with Gasteiger partial charge in [0.2, 0.25) is 5.91 Å². The Kier molecular flexibility index (Phi) is 6.88. The van der Waals surface area contributed by atoms with Crippen LogP contribution in [0.2, 0.25) is 0 Å². The number of hydrogen-bond acceptors (Lipinski definition) is 6. The zero-order valence-electron chi connectivity index (χ0n) is 22.9. The highest BCUT2D eigenvalue weighted by atomic mass is 16.5. The third kappa shape index (κ3) is 4.76. The molecule has 1 N–H and O–H groups in total. The molecule has 2 aliphatic rings. The Balaban J connectivity index is 1.40. The summed E-state index contributed by atoms with van der Waals surface area (Å²) in [5.74, 6) is -0.535. The van der Waals surface area contributed by atoms with Gasteiger partial charge in [0.05, 0.1) is 28.9 Å². The average Bonchev–Trinajstić information content (AvgIpc) is 3.58. The summed E-state index contributed by atoms with van der Waals surface area (Å²) in [6.45, 7) is 7.75. The average molecular weight is 531 g/mol. The molecule has 0 saturated carbocycles. The summed E-state index contributed by atoms with van der Waals surface area (Å²) in [4.78, 5) is 45.3. The Morgan fingerprint density at radius 2 is 1.87 bits per heavy atom. The minimum Gasteiger partial charge on any atom is -0.391 e. The van der Waals surface area contributed by atoms with Crippen molar-refractivity contribution in [2.45, 2.75) is 64.0 Å². The zero-order chi connectivity index (χ0) is 28.1. The van der Waals surface area contributed by atoms with Crippen molar-refractivity contribution in [1.82, 2.24) is 14.6 Å². The van der Waals surface area contributed by atoms with Gasteiger partial charge in [-0.05, 0) is 37.0 Å². The largest absolute Gasteiger partial charge is 0.391 e. The maximum atomic E-state index is 13.8. The minimum absolute atomic E-state index is 0.0525. The molecule has 0 aliphatic carbocycles. The molecule has 4 atom stereocenters. The number of aliphatic imine (C=N–C) groups is 1. The Hall–Kier alpha value is -3.85. The molecule has 1 aromatic carbocycles. The number of carbonyl (C=O) groups excluding carboxylic acids is 2. The Morgan fingerprint density at radius 1 is 1.15 bits per heavy atom. The highest BCUT2D eigenvalue weighted by molar-refractivity contribution is 6.11. The summed E-state index contributed by atoms with van der Waals surface area (Å²) in [7, 11) is 1.73. The molecule has 9 nitrogen and oxygen atoms in total. The maximum Gasteiger partial charge on any atom is 0.256 e. The van der Waals surface area contributed by atoms with Gasteiger partial charge in [-0.2, -0.15) is 0 Å². The van der Waals surface area contributed by atoms with E-state index in [0.717, 1.165) is 16.8 Å². The number of hydrogen-bond donors (Lipinski definition) is 1. The van der Waals surface area contributed by atoms with Crippen LogP contribution in [0.1, 0.15) is 56.5 Å². The smallest absolute Gasteiger partial charge is 0.256 e. The number of nitrogens with zero attached hydrogens (tertiary/aromatic N) is 4. The molecule has 1 saturated heterocycles. The van der Waals surface area contributed by atoms with Gasteiger partial charge in [0.15, 0.2) is 0 Å². The maximum absolute atomic E-state index is 13.8. The van der Waals surface area contributed by atoms with Gasteiger partial charge in [-0.1, -0.05) is 49.3 Å². The number of aliphatic hydroxyl groups is 1. The summed E-state index contributed by atoms with van der Waals surface area (Å²) >= 11 is 0. The number of rotatable bonds is 6. The van der Waals surface area contributed by atoms with Crippen LogP contribution in [0.5, 0.6) is 0 Å². The molecule has 5 rings (SSSR count). The van der Waals surface area contributed by atoms with E-state index in [1.807, 2.05) is 58.0 Å². The number of likely N-dealkylation sites (tertiary alicyclic amines) is 1. The number of amides is 2. The van der Waals surface area contributed by atoms with Gasteiger partial charge in [0, 0.05) is 44.3 Å². The fraction of sp³-hybridized carbons (Fsp3) is 0.433. The van der Waals surface area contributed by atoms with Gasteiger partial charge in [-0.25, -0.2) is 4.99 Å². The van der Waals surface area contributed by atoms with Crippen molar-refractivity contribution in [3.63, 3.8) is 0 Å². The lowest BCUT2D eigenvalue weighted by molar-refractivity contribution is -0.134. The molecular weight excluding hydrogens is 496 g/mol. The van der Waals surface area contributed by atoms with E-state index in [1.54, 1.807) is 28.6 Å². The number of benzene rings is 1. The second-order valence-corrected chi connectivity index (χ2v) is 11.3. The van der Waals surface area contributed by atoms with E-state index >= 15 is 0 Å². The summed E-state index contributed by atoms with van der Waals surface area (Å²) in [5.41, 5.74) is 2.78. The lowest BCUT2D eigenvalue weighted by Crippen LogP contribution is -2.44. The second kappa shape index (κ2) is 10.0. The minimum atomic E-state index is -0.891. The van der Waals surface area contributed by atoms with Crippen molar-refractivity contribution < 1.29 is 19.2 Å². The van der Waals surface area contributed by atoms with E-state index in [4.69, 9.17) is 4.52 Å². The van der Waals surface area contributed by atoms with Crippen LogP contribution in [0.15, 0.2) is 62.8 Å². The molecule has 3 aromatic rings. The van der Waals surface area contributed by atoms with Gasteiger partial charge >= 0.3 is 0 Å². The summed E-state index contributed by atoms with van der Waals surface area (Å²) < 4.78 is 7.04. The van der Waals surface area contributed by atoms with E-state index in [-0.39, 0.29) is 29.8 Å². The molecule has 4 heterocycles. The van der Waals surface area contributed by atoms with E-state index in [2.05, 4.69) is 10.1 Å². The van der Waals surface area contributed by atoms with Gasteiger partial charge < -0.3 is 19.1 Å². The molecule has 9 heteroatoms. The normalized spacial score (nSPS) is 23.9. The lowest BCUT2D eigenvalue weighted by Gasteiger charge is -2.30. The van der Waals surface area contributed by atoms with Crippen molar-refractivity contribution in [3.05, 3.63) is 75.9 Å². The molecule has 39 heavy (non-hydrogen) atoms. The first-order valence-electron chi connectivity index (χ1n) is 13.3. The predicted octanol–water partition coefficient (Wildman–Crippen LogP) is 3.38. The Morgan fingerprint density at radius 3 is 2.51 bits per heavy atom. The van der Waals surface area contributed by atoms with Crippen LogP contribution >= 0.6 is 0 Å². The van der Waals surface area contributed by atoms with Gasteiger partial charge in [-0.15, -0.1) is 0 Å². The monoisotopic (exact) mass is 530 g/mol. The SMILES string of the molecule is Cc1cc([C@@H](C(=O)N2C[C@H](O)C[C@@H]2C2=NC(=O)[C@@](C)(c3ccc(-c4cccc(=O)n4C)cc3)C2)C(C)C)on1. The molecule has 2 amide bonds. The third-order valence-electron chi connectivity index (χ3n) is 8.09. The molecule has 2 aromatic heterocycles. The summed E-state index contributed by atoms with van der Waals surface area (Å²) in [6, 6.07) is 14.0. The fourth-order valence-electron chi connectivity index (χ4n) is 5.83. The van der Waals surface area contributed by atoms with Crippen molar-refractivity contribution in [1.29, 1.82) is 0 Å². The zero-order valence-corrected chi connectivity index (χ0v) is 22.9. The Labute approximate surface area is 227 Å². The van der Waals surface area contributed by atoms with Gasteiger partial charge in [-0.3, -0.25) is 14.4 Å². The molecule has 0 radical (unpaired) electrons. The van der Waals surface area contributed by atoms with Crippen LogP contribution in [0.3, 0.4) is 0 Å². The quantitative estimate of drug-likeness (QED) is 0.522. The topological polar surface area (TPSA) is 118 Å². The highest BCUT2D eigenvalue weighted by Gasteiger charge is 2.48. The molecule has 0 bridgehead atoms. The van der Waals surface area contributed by atoms with Crippen LogP contribution in [0.4, 0.5) is 0 Å². The van der Waals surface area contributed by atoms with Crippen LogP contribution < -0.4 is 5.56 Å². The summed E-state index contributed by atoms with van der Waals surface area (Å²) in [6.07, 6.45) is -0.0243. The predicted molar refractivity (Wildman–Crippen MR) is 146 cm³/mol. The van der Waals surface area contributed by atoms with Crippen LogP contribution in [0.25, 0.3) is 11.3 Å². The second-order valence-electron chi connectivity index (χ2n) is 11.3. The lowest BCUT2D eigenvalue weighted by atomic mass is 9.78. The number of pyridine rings is 1. The van der Waals surface area contributed by atoms with Crippen molar-refractivity contribution >= 4 is 17.5 Å². The standard InChI is InChI=1S/C30H34N4O5/c1-17(2)27(25-13-18(3)32-39-25)28(37)34-16-21(35)14-24(34)22-15-30(4,29(38)31-22)20-11-9-19(10-12-20)23-7-6-8-26(36)33(23)5/h6-13,17,21,24,27,35H,14-16H2,1-5H3/t21-,24-,27+,30-/m1/s1. The van der Waals surface area contributed by atoms with Crippen LogP contribution in [-0.2, 0) is 22.1 Å². The van der Waals surface area contributed by atoms with E-state index in [1.165, 1.54) is 6.07 Å². The fourth-order valence-corrected chi connectivity index (χ4v) is 5.83. The third-order valence-corrected chi connectivity index (χ3v) is 8.09. The number of aryl methyl sites for hydroxylation is 1. The molecule has 2 aliphatic heterocycles. The number of aliphatic hydroxyl groups excluding tert-OH is 1. The number of carbonyl (C=O) groups is 2. The van der Waals surface area contributed by atoms with Crippen LogP contribution in [-0.4, -0.2) is 55.9 Å². The highest BCUT2D eigenvalue weighted by Crippen LogP contribution is 2.39. The first-order chi connectivity index (χ1) is 18.5. The van der Waals surface area contributed by atoms with Crippen molar-refractivity contribution in [2.75, 3.05) is 6.54 Å². The molecular formula is C30H34N4O5. The van der Waals surface area contributed by atoms with E-state index in [0.29, 0.717) is 30.0 Å². The number of aromatic nitrogens is 2. The first kappa shape index (κ1) is 26.7. The van der Waals surface area contributed by atoms with E-state index in [9.17, 15) is 19.5 Å². The van der Waals surface area contributed by atoms with Crippen molar-refractivity contribution in [3.8, 4) is 11.3 Å². The van der Waals surface area contributed by atoms with Gasteiger partial charge in [0.25, 0.3) is 11.5 Å². The summed E-state index contributed by atoms with van der Waals surface area (Å²) in [5, 5.41) is 14.5. The molecule has 204 valence electrons. The van der Waals surface area contributed by atoms with E-state index < -0.39 is 23.5 Å².